The van der Waals surface area contributed by atoms with Crippen molar-refractivity contribution in [2.24, 2.45) is 0 Å². The molecule has 76 heavy (non-hydrogen) atoms. The molecule has 6 aromatic rings. The fourth-order valence-electron chi connectivity index (χ4n) is 6.89. The standard InChI is InChI=1S/C17H17F3N2O3S.C17H17F3N2O2S.C17H19F3N2OSi.CH4/c1-4-26(24,25)14-9-11(2)5-7-13(14)16(23)22(3)15-8-6-12(10-21-15)17(18,19)20;1-4-25(24)14-9-11(2)5-7-13(14)16(23)22(3)15-8-6-12(10-21-15)17(18,19)20;1-4-24-14-9-11(2)5-7-13(14)16(23)22(3)15-8-6-12(10-21-15)17(18,19)20;/h5-10H,4H2,1-3H3;5-10H,4H2,1-3H3;5-10H,4,24H2,1-3H3;1H4. The van der Waals surface area contributed by atoms with Gasteiger partial charge in [0, 0.05) is 51.0 Å². The highest BCUT2D eigenvalue weighted by molar-refractivity contribution is 7.91. The first-order chi connectivity index (χ1) is 34.9. The van der Waals surface area contributed by atoms with Gasteiger partial charge in [0.15, 0.2) is 9.84 Å². The molecule has 0 saturated heterocycles. The molecular formula is C52H57F9N6O6S2Si. The van der Waals surface area contributed by atoms with Crippen molar-refractivity contribution in [3.63, 3.8) is 0 Å². The predicted octanol–water partition coefficient (Wildman–Crippen LogP) is 10.8. The number of nitrogens with zero attached hydrogens (tertiary/aromatic N) is 6. The smallest absolute Gasteiger partial charge is 0.296 e. The first-order valence-electron chi connectivity index (χ1n) is 22.7. The maximum absolute atomic E-state index is 12.7. The Labute approximate surface area is 440 Å². The van der Waals surface area contributed by atoms with Crippen molar-refractivity contribution in [1.29, 1.82) is 0 Å². The van der Waals surface area contributed by atoms with E-state index >= 15 is 0 Å². The number of aryl methyl sites for hydroxylation is 3. The van der Waals surface area contributed by atoms with E-state index < -0.39 is 77.2 Å². The molecule has 0 aliphatic carbocycles. The Morgan fingerprint density at radius 3 is 1.25 bits per heavy atom. The van der Waals surface area contributed by atoms with Gasteiger partial charge < -0.3 is 0 Å². The number of alkyl halides is 9. The number of rotatable bonds is 12. The molecule has 12 nitrogen and oxygen atoms in total. The lowest BCUT2D eigenvalue weighted by Crippen LogP contribution is -2.33. The Bertz CT molecular complexity index is 3120. The Hall–Kier alpha value is -6.79. The predicted molar refractivity (Wildman–Crippen MR) is 280 cm³/mol. The molecule has 1 unspecified atom stereocenters. The molecule has 0 fully saturated rings. The second-order valence-electron chi connectivity index (χ2n) is 16.7. The van der Waals surface area contributed by atoms with Crippen LogP contribution in [0.2, 0.25) is 6.04 Å². The van der Waals surface area contributed by atoms with Crippen LogP contribution in [0.5, 0.6) is 0 Å². The number of carbonyl (C=O) groups excluding carboxylic acids is 3. The second-order valence-corrected chi connectivity index (χ2v) is 23.0. The molecule has 0 bridgehead atoms. The Kier molecular flexibility index (Phi) is 22.0. The van der Waals surface area contributed by atoms with Gasteiger partial charge in [0.25, 0.3) is 17.7 Å². The number of hydrogen-bond donors (Lipinski definition) is 0. The summed E-state index contributed by atoms with van der Waals surface area (Å²) in [6.07, 6.45) is -11.4. The third-order valence-corrected chi connectivity index (χ3v) is 15.9. The summed E-state index contributed by atoms with van der Waals surface area (Å²) in [6.45, 7) is 10.8. The first-order valence-corrected chi connectivity index (χ1v) is 27.4. The summed E-state index contributed by atoms with van der Waals surface area (Å²) in [5.41, 5.74) is 0.772. The van der Waals surface area contributed by atoms with Gasteiger partial charge in [-0.1, -0.05) is 69.3 Å². The van der Waals surface area contributed by atoms with Crippen LogP contribution in [0, 0.1) is 20.8 Å². The molecular weight excluding hydrogens is 1070 g/mol. The number of pyridine rings is 3. The zero-order valence-corrected chi connectivity index (χ0v) is 45.1. The van der Waals surface area contributed by atoms with E-state index in [-0.39, 0.29) is 52.6 Å². The molecule has 410 valence electrons. The van der Waals surface area contributed by atoms with E-state index in [1.807, 2.05) is 26.0 Å². The molecule has 0 N–H and O–H groups in total. The molecule has 0 radical (unpaired) electrons. The van der Waals surface area contributed by atoms with Gasteiger partial charge in [-0.25, -0.2) is 23.4 Å². The van der Waals surface area contributed by atoms with Crippen LogP contribution >= 0.6 is 0 Å². The van der Waals surface area contributed by atoms with Crippen LogP contribution in [-0.4, -0.2) is 87.5 Å². The lowest BCUT2D eigenvalue weighted by Gasteiger charge is -2.19. The van der Waals surface area contributed by atoms with Crippen molar-refractivity contribution in [2.45, 2.75) is 83.3 Å². The van der Waals surface area contributed by atoms with Gasteiger partial charge in [-0.3, -0.25) is 33.3 Å². The van der Waals surface area contributed by atoms with Gasteiger partial charge in [-0.05, 0) is 98.6 Å². The van der Waals surface area contributed by atoms with Gasteiger partial charge >= 0.3 is 18.5 Å². The molecule has 24 heteroatoms. The molecule has 1 atom stereocenters. The number of benzene rings is 3. The summed E-state index contributed by atoms with van der Waals surface area (Å²) in [4.78, 5) is 53.0. The molecule has 0 saturated carbocycles. The number of hydrogen-bond acceptors (Lipinski definition) is 9. The largest absolute Gasteiger partial charge is 0.417 e. The Morgan fingerprint density at radius 2 is 0.895 bits per heavy atom. The number of carbonyl (C=O) groups is 3. The highest BCUT2D eigenvalue weighted by atomic mass is 32.2. The number of amides is 3. The summed E-state index contributed by atoms with van der Waals surface area (Å²) in [7, 11) is -1.28. The zero-order chi connectivity index (χ0) is 56.4. The highest BCUT2D eigenvalue weighted by Crippen LogP contribution is 2.32. The van der Waals surface area contributed by atoms with Crippen LogP contribution in [-0.2, 0) is 39.2 Å². The van der Waals surface area contributed by atoms with Crippen LogP contribution in [0.1, 0.15) is 92.7 Å². The summed E-state index contributed by atoms with van der Waals surface area (Å²) < 4.78 is 150. The SMILES string of the molecule is C.CCS(=O)(=O)c1cc(C)ccc1C(=O)N(C)c1ccc(C(F)(F)F)cn1.CCS(=O)c1cc(C)ccc1C(=O)N(C)c1ccc(C(F)(F)F)cn1.CC[SiH2]c1cc(C)ccc1C(=O)N(C)c1ccc(C(F)(F)F)cn1. The third kappa shape index (κ3) is 16.4. The summed E-state index contributed by atoms with van der Waals surface area (Å²) >= 11 is 0. The van der Waals surface area contributed by atoms with Gasteiger partial charge in [0.2, 0.25) is 0 Å². The van der Waals surface area contributed by atoms with Gasteiger partial charge in [-0.2, -0.15) is 39.5 Å². The number of aromatic nitrogens is 3. The molecule has 3 heterocycles. The minimum absolute atomic E-state index is 0. The molecule has 3 aromatic carbocycles. The Balaban J connectivity index is 0.000000298. The molecule has 0 spiro atoms. The Morgan fingerprint density at radius 1 is 0.539 bits per heavy atom. The van der Waals surface area contributed by atoms with E-state index in [0.29, 0.717) is 34.2 Å². The minimum atomic E-state index is -4.53. The average Bonchev–Trinajstić information content (AvgIpc) is 3.37. The summed E-state index contributed by atoms with van der Waals surface area (Å²) in [6, 6.07) is 22.1. The van der Waals surface area contributed by atoms with E-state index in [0.717, 1.165) is 68.7 Å². The molecule has 0 aliphatic heterocycles. The maximum atomic E-state index is 12.7. The monoisotopic (exact) mass is 1120 g/mol. The fraction of sp³-hybridized carbons (Fsp3) is 0.308. The van der Waals surface area contributed by atoms with Crippen molar-refractivity contribution in [2.75, 3.05) is 47.3 Å². The van der Waals surface area contributed by atoms with Crippen LogP contribution < -0.4 is 19.9 Å². The van der Waals surface area contributed by atoms with Gasteiger partial charge in [0.05, 0.1) is 63.7 Å². The van der Waals surface area contributed by atoms with Crippen molar-refractivity contribution in [1.82, 2.24) is 15.0 Å². The van der Waals surface area contributed by atoms with Crippen LogP contribution in [0.15, 0.2) is 119 Å². The molecule has 3 aromatic heterocycles. The van der Waals surface area contributed by atoms with E-state index in [2.05, 4.69) is 21.9 Å². The lowest BCUT2D eigenvalue weighted by atomic mass is 10.1. The molecule has 0 aliphatic rings. The maximum Gasteiger partial charge on any atom is 0.417 e. The van der Waals surface area contributed by atoms with E-state index in [1.165, 1.54) is 51.2 Å². The third-order valence-electron chi connectivity index (χ3n) is 11.1. The van der Waals surface area contributed by atoms with Gasteiger partial charge in [0.1, 0.15) is 17.5 Å². The van der Waals surface area contributed by atoms with Crippen LogP contribution in [0.3, 0.4) is 0 Å². The van der Waals surface area contributed by atoms with Crippen molar-refractivity contribution < 1.29 is 66.5 Å². The van der Waals surface area contributed by atoms with E-state index in [9.17, 15) is 66.5 Å². The summed E-state index contributed by atoms with van der Waals surface area (Å²) in [5.74, 6) is -0.996. The van der Waals surface area contributed by atoms with E-state index in [1.54, 1.807) is 44.2 Å². The van der Waals surface area contributed by atoms with Crippen molar-refractivity contribution in [3.8, 4) is 0 Å². The zero-order valence-electron chi connectivity index (χ0n) is 42.1. The highest BCUT2D eigenvalue weighted by Gasteiger charge is 2.34. The molecule has 6 rings (SSSR count). The average molecular weight is 1130 g/mol. The number of sulfone groups is 1. The molecule has 3 amide bonds. The lowest BCUT2D eigenvalue weighted by molar-refractivity contribution is -0.138. The fourth-order valence-corrected chi connectivity index (χ4v) is 10.6. The first kappa shape index (κ1) is 63.5. The number of anilines is 3. The topological polar surface area (TPSA) is 151 Å². The van der Waals surface area contributed by atoms with Crippen molar-refractivity contribution in [3.05, 3.63) is 160 Å². The van der Waals surface area contributed by atoms with E-state index in [4.69, 9.17) is 0 Å². The van der Waals surface area contributed by atoms with Crippen LogP contribution in [0.4, 0.5) is 57.0 Å². The van der Waals surface area contributed by atoms with Gasteiger partial charge in [-0.15, -0.1) is 0 Å². The quantitative estimate of drug-likeness (QED) is 0.0861. The minimum Gasteiger partial charge on any atom is -0.296 e. The second kappa shape index (κ2) is 26.3. The van der Waals surface area contributed by atoms with Crippen LogP contribution in [0.25, 0.3) is 0 Å². The normalized spacial score (nSPS) is 12.1. The number of halogens is 9. The van der Waals surface area contributed by atoms with Crippen molar-refractivity contribution >= 4 is 70.5 Å². The summed E-state index contributed by atoms with van der Waals surface area (Å²) in [5, 5.41) is 1.07.